The lowest BCUT2D eigenvalue weighted by atomic mass is 9.95. The zero-order valence-electron chi connectivity index (χ0n) is 9.70. The van der Waals surface area contributed by atoms with Crippen LogP contribution in [0.15, 0.2) is 0 Å². The van der Waals surface area contributed by atoms with E-state index in [1.807, 2.05) is 0 Å². The van der Waals surface area contributed by atoms with Crippen LogP contribution in [-0.4, -0.2) is 17.5 Å². The lowest BCUT2D eigenvalue weighted by Gasteiger charge is -2.26. The minimum Gasteiger partial charge on any atom is -0.350 e. The summed E-state index contributed by atoms with van der Waals surface area (Å²) < 4.78 is 0. The maximum atomic E-state index is 12.0. The van der Waals surface area contributed by atoms with Gasteiger partial charge in [0.05, 0.1) is 17.5 Å². The summed E-state index contributed by atoms with van der Waals surface area (Å²) in [7, 11) is 0. The summed E-state index contributed by atoms with van der Waals surface area (Å²) in [6.45, 7) is 1.80. The lowest BCUT2D eigenvalue weighted by Crippen LogP contribution is -2.56. The van der Waals surface area contributed by atoms with Crippen molar-refractivity contribution in [3.63, 3.8) is 0 Å². The third-order valence-corrected chi connectivity index (χ3v) is 3.91. The van der Waals surface area contributed by atoms with E-state index in [9.17, 15) is 4.79 Å². The van der Waals surface area contributed by atoms with Crippen LogP contribution in [-0.2, 0) is 4.79 Å². The fourth-order valence-corrected chi connectivity index (χ4v) is 2.48. The van der Waals surface area contributed by atoms with Crippen molar-refractivity contribution in [3.05, 3.63) is 0 Å². The van der Waals surface area contributed by atoms with Gasteiger partial charge in [-0.25, -0.2) is 0 Å². The van der Waals surface area contributed by atoms with E-state index in [0.29, 0.717) is 5.92 Å². The number of nitrogens with two attached hydrogens (primary N) is 1. The van der Waals surface area contributed by atoms with Crippen molar-refractivity contribution in [2.75, 3.05) is 0 Å². The molecular weight excluding hydrogens is 202 g/mol. The second-order valence-corrected chi connectivity index (χ2v) is 5.30. The Kier molecular flexibility index (Phi) is 2.90. The molecule has 0 spiro atoms. The molecule has 0 radical (unpaired) electrons. The smallest absolute Gasteiger partial charge is 0.240 e. The van der Waals surface area contributed by atoms with E-state index in [2.05, 4.69) is 11.4 Å². The third-order valence-electron chi connectivity index (χ3n) is 3.91. The van der Waals surface area contributed by atoms with Crippen molar-refractivity contribution in [3.8, 4) is 6.07 Å². The van der Waals surface area contributed by atoms with Gasteiger partial charge in [0, 0.05) is 6.04 Å². The number of rotatable bonds is 3. The highest BCUT2D eigenvalue weighted by molar-refractivity contribution is 5.86. The maximum Gasteiger partial charge on any atom is 0.240 e. The SMILES string of the molecule is CC(N)(C(=O)NC1CCCC1C#N)C1CC1. The van der Waals surface area contributed by atoms with Crippen LogP contribution in [0.4, 0.5) is 0 Å². The Bertz CT molecular complexity index is 328. The Morgan fingerprint density at radius 2 is 2.12 bits per heavy atom. The zero-order valence-corrected chi connectivity index (χ0v) is 9.70. The Labute approximate surface area is 96.2 Å². The molecule has 3 N–H and O–H groups in total. The predicted octanol–water partition coefficient (Wildman–Crippen LogP) is 0.922. The van der Waals surface area contributed by atoms with Crippen LogP contribution in [0.2, 0.25) is 0 Å². The third kappa shape index (κ3) is 2.05. The van der Waals surface area contributed by atoms with Gasteiger partial charge < -0.3 is 11.1 Å². The van der Waals surface area contributed by atoms with Crippen molar-refractivity contribution < 1.29 is 4.79 Å². The Balaban J connectivity index is 1.94. The van der Waals surface area contributed by atoms with E-state index < -0.39 is 5.54 Å². The second kappa shape index (κ2) is 4.06. The highest BCUT2D eigenvalue weighted by atomic mass is 16.2. The molecule has 0 aliphatic heterocycles. The summed E-state index contributed by atoms with van der Waals surface area (Å²) in [5.74, 6) is 0.218. The van der Waals surface area contributed by atoms with Crippen molar-refractivity contribution in [2.24, 2.45) is 17.6 Å². The van der Waals surface area contributed by atoms with Gasteiger partial charge in [0.1, 0.15) is 0 Å². The minimum absolute atomic E-state index is 0.0131. The number of hydrogen-bond donors (Lipinski definition) is 2. The first kappa shape index (κ1) is 11.4. The maximum absolute atomic E-state index is 12.0. The van der Waals surface area contributed by atoms with Gasteiger partial charge in [-0.05, 0) is 44.9 Å². The molecule has 3 atom stereocenters. The topological polar surface area (TPSA) is 78.9 Å². The molecule has 2 rings (SSSR count). The van der Waals surface area contributed by atoms with E-state index >= 15 is 0 Å². The van der Waals surface area contributed by atoms with E-state index in [-0.39, 0.29) is 17.9 Å². The predicted molar refractivity (Wildman–Crippen MR) is 60.2 cm³/mol. The molecule has 88 valence electrons. The summed E-state index contributed by atoms with van der Waals surface area (Å²) in [6.07, 6.45) is 4.92. The fraction of sp³-hybridized carbons (Fsp3) is 0.833. The second-order valence-electron chi connectivity index (χ2n) is 5.30. The van der Waals surface area contributed by atoms with Crippen LogP contribution in [0.5, 0.6) is 0 Å². The summed E-state index contributed by atoms with van der Waals surface area (Å²) in [5.41, 5.74) is 5.29. The van der Waals surface area contributed by atoms with Crippen molar-refractivity contribution in [1.29, 1.82) is 5.26 Å². The van der Waals surface area contributed by atoms with E-state index in [4.69, 9.17) is 11.0 Å². The van der Waals surface area contributed by atoms with Crippen LogP contribution >= 0.6 is 0 Å². The number of carbonyl (C=O) groups excluding carboxylic acids is 1. The van der Waals surface area contributed by atoms with Crippen molar-refractivity contribution in [1.82, 2.24) is 5.32 Å². The van der Waals surface area contributed by atoms with Gasteiger partial charge in [0.15, 0.2) is 0 Å². The Hall–Kier alpha value is -1.08. The Morgan fingerprint density at radius 1 is 1.44 bits per heavy atom. The highest BCUT2D eigenvalue weighted by Crippen LogP contribution is 2.38. The van der Waals surface area contributed by atoms with Gasteiger partial charge in [-0.3, -0.25) is 4.79 Å². The lowest BCUT2D eigenvalue weighted by molar-refractivity contribution is -0.127. The van der Waals surface area contributed by atoms with Gasteiger partial charge in [0.25, 0.3) is 0 Å². The zero-order chi connectivity index (χ0) is 11.8. The number of amides is 1. The first-order valence-electron chi connectivity index (χ1n) is 6.05. The molecule has 2 aliphatic rings. The van der Waals surface area contributed by atoms with Crippen LogP contribution in [0, 0.1) is 23.2 Å². The number of nitrogens with one attached hydrogen (secondary N) is 1. The van der Waals surface area contributed by atoms with Crippen LogP contribution < -0.4 is 11.1 Å². The molecule has 0 aromatic carbocycles. The van der Waals surface area contributed by atoms with Crippen LogP contribution in [0.25, 0.3) is 0 Å². The fourth-order valence-electron chi connectivity index (χ4n) is 2.48. The molecule has 16 heavy (non-hydrogen) atoms. The molecule has 1 amide bonds. The molecule has 0 saturated heterocycles. The van der Waals surface area contributed by atoms with E-state index in [1.54, 1.807) is 6.92 Å². The Morgan fingerprint density at radius 3 is 2.69 bits per heavy atom. The van der Waals surface area contributed by atoms with Gasteiger partial charge in [-0.2, -0.15) is 5.26 Å². The summed E-state index contributed by atoms with van der Waals surface area (Å²) >= 11 is 0. The molecule has 0 aromatic heterocycles. The number of carbonyl (C=O) groups is 1. The van der Waals surface area contributed by atoms with E-state index in [1.165, 1.54) is 0 Å². The van der Waals surface area contributed by atoms with Gasteiger partial charge >= 0.3 is 0 Å². The highest BCUT2D eigenvalue weighted by Gasteiger charge is 2.45. The minimum atomic E-state index is -0.747. The molecule has 2 aliphatic carbocycles. The number of hydrogen-bond acceptors (Lipinski definition) is 3. The molecule has 4 heteroatoms. The normalized spacial score (nSPS) is 32.8. The monoisotopic (exact) mass is 221 g/mol. The van der Waals surface area contributed by atoms with Gasteiger partial charge in [-0.1, -0.05) is 0 Å². The molecule has 0 aromatic rings. The van der Waals surface area contributed by atoms with Gasteiger partial charge in [0.2, 0.25) is 5.91 Å². The summed E-state index contributed by atoms with van der Waals surface area (Å²) in [4.78, 5) is 12.0. The quantitative estimate of drug-likeness (QED) is 0.743. The summed E-state index contributed by atoms with van der Waals surface area (Å²) in [5, 5.41) is 11.9. The standard InChI is InChI=1S/C12H19N3O/c1-12(14,9-5-6-9)11(16)15-10-4-2-3-8(10)7-13/h8-10H,2-6,14H2,1H3,(H,15,16). The molecule has 4 nitrogen and oxygen atoms in total. The van der Waals surface area contributed by atoms with E-state index in [0.717, 1.165) is 32.1 Å². The molecule has 2 saturated carbocycles. The number of nitrogens with zero attached hydrogens (tertiary/aromatic N) is 1. The molecular formula is C12H19N3O. The summed E-state index contributed by atoms with van der Waals surface area (Å²) in [6, 6.07) is 2.27. The average molecular weight is 221 g/mol. The molecule has 0 heterocycles. The molecule has 3 unspecified atom stereocenters. The van der Waals surface area contributed by atoms with Crippen LogP contribution in [0.1, 0.15) is 39.0 Å². The van der Waals surface area contributed by atoms with Gasteiger partial charge in [-0.15, -0.1) is 0 Å². The first-order valence-corrected chi connectivity index (χ1v) is 6.05. The van der Waals surface area contributed by atoms with Crippen LogP contribution in [0.3, 0.4) is 0 Å². The molecule has 0 bridgehead atoms. The largest absolute Gasteiger partial charge is 0.350 e. The first-order chi connectivity index (χ1) is 7.55. The van der Waals surface area contributed by atoms with Crippen molar-refractivity contribution >= 4 is 5.91 Å². The number of nitriles is 1. The molecule has 2 fully saturated rings. The average Bonchev–Trinajstić information content (AvgIpc) is 3.01. The van der Waals surface area contributed by atoms with Crippen molar-refractivity contribution in [2.45, 2.75) is 50.6 Å².